The molecule has 0 radical (unpaired) electrons. The van der Waals surface area contributed by atoms with E-state index in [1.54, 1.807) is 32.2 Å². The maximum Gasteiger partial charge on any atom is 0.338 e. The highest BCUT2D eigenvalue weighted by Gasteiger charge is 2.32. The van der Waals surface area contributed by atoms with E-state index >= 15 is 0 Å². The summed E-state index contributed by atoms with van der Waals surface area (Å²) in [5.74, 6) is 0.696. The number of nitrogens with one attached hydrogen (secondary N) is 2. The molecular formula is C19H26N2O5. The van der Waals surface area contributed by atoms with Crippen LogP contribution >= 0.6 is 0 Å². The lowest BCUT2D eigenvalue weighted by molar-refractivity contribution is -0.139. The summed E-state index contributed by atoms with van der Waals surface area (Å²) < 4.78 is 16.3. The molecule has 0 bridgehead atoms. The standard InChI is InChI=1S/C19H26N2O5/c1-5-7-10-26-18(22)16-12(3)20-19(23)21-17(16)13-8-9-14(25-6-2)15(11-13)24-4/h8-9,11,17H,5-7,10H2,1-4H3,(H2,20,21,23)/t17-/m1/s1. The summed E-state index contributed by atoms with van der Waals surface area (Å²) in [5, 5.41) is 5.42. The third kappa shape index (κ3) is 4.47. The molecule has 0 saturated carbocycles. The lowest BCUT2D eigenvalue weighted by Gasteiger charge is -2.28. The number of allylic oxidation sites excluding steroid dienone is 1. The van der Waals surface area contributed by atoms with Gasteiger partial charge in [0.15, 0.2) is 11.5 Å². The first-order valence-corrected chi connectivity index (χ1v) is 8.77. The second-order valence-electron chi connectivity index (χ2n) is 5.90. The molecule has 0 aliphatic carbocycles. The van der Waals surface area contributed by atoms with Gasteiger partial charge >= 0.3 is 12.0 Å². The second-order valence-corrected chi connectivity index (χ2v) is 5.90. The smallest absolute Gasteiger partial charge is 0.338 e. The monoisotopic (exact) mass is 362 g/mol. The first-order chi connectivity index (χ1) is 12.5. The van der Waals surface area contributed by atoms with Crippen molar-refractivity contribution in [2.24, 2.45) is 0 Å². The minimum atomic E-state index is -0.623. The molecule has 1 aliphatic heterocycles. The van der Waals surface area contributed by atoms with Crippen molar-refractivity contribution in [1.29, 1.82) is 0 Å². The molecule has 26 heavy (non-hydrogen) atoms. The Hall–Kier alpha value is -2.70. The summed E-state index contributed by atoms with van der Waals surface area (Å²) in [4.78, 5) is 24.5. The zero-order valence-corrected chi connectivity index (χ0v) is 15.7. The van der Waals surface area contributed by atoms with Gasteiger partial charge in [0.25, 0.3) is 0 Å². The lowest BCUT2D eigenvalue weighted by Crippen LogP contribution is -2.45. The zero-order valence-electron chi connectivity index (χ0n) is 15.7. The number of amides is 2. The number of carbonyl (C=O) groups is 2. The van der Waals surface area contributed by atoms with Crippen LogP contribution in [0, 0.1) is 0 Å². The Kier molecular flexibility index (Phi) is 6.89. The van der Waals surface area contributed by atoms with Gasteiger partial charge in [0.2, 0.25) is 0 Å². The Balaban J connectivity index is 2.36. The molecule has 1 aromatic carbocycles. The van der Waals surface area contributed by atoms with Gasteiger partial charge in [-0.2, -0.15) is 0 Å². The van der Waals surface area contributed by atoms with Crippen LogP contribution in [0.2, 0.25) is 0 Å². The van der Waals surface area contributed by atoms with Crippen molar-refractivity contribution < 1.29 is 23.8 Å². The number of hydrogen-bond donors (Lipinski definition) is 2. The lowest BCUT2D eigenvalue weighted by atomic mass is 9.95. The molecular weight excluding hydrogens is 336 g/mol. The predicted molar refractivity (Wildman–Crippen MR) is 97.1 cm³/mol. The van der Waals surface area contributed by atoms with E-state index in [1.165, 1.54) is 0 Å². The maximum absolute atomic E-state index is 12.6. The average Bonchev–Trinajstić information content (AvgIpc) is 2.61. The number of hydrogen-bond acceptors (Lipinski definition) is 5. The number of esters is 1. The topological polar surface area (TPSA) is 85.9 Å². The molecule has 0 fully saturated rings. The van der Waals surface area contributed by atoms with Crippen LogP contribution in [0.25, 0.3) is 0 Å². The normalized spacial score (nSPS) is 16.6. The quantitative estimate of drug-likeness (QED) is 0.548. The van der Waals surface area contributed by atoms with Crippen molar-refractivity contribution in [2.45, 2.75) is 39.7 Å². The summed E-state index contributed by atoms with van der Waals surface area (Å²) in [6.07, 6.45) is 1.72. The molecule has 0 aromatic heterocycles. The molecule has 0 unspecified atom stereocenters. The second kappa shape index (κ2) is 9.12. The summed E-state index contributed by atoms with van der Waals surface area (Å²) in [6.45, 7) is 6.45. The summed E-state index contributed by atoms with van der Waals surface area (Å²) in [6, 6.07) is 4.33. The van der Waals surface area contributed by atoms with E-state index in [9.17, 15) is 9.59 Å². The van der Waals surface area contributed by atoms with E-state index in [0.29, 0.717) is 41.5 Å². The van der Waals surface area contributed by atoms with Crippen LogP contribution in [0.5, 0.6) is 11.5 Å². The average molecular weight is 362 g/mol. The van der Waals surface area contributed by atoms with Crippen LogP contribution in [-0.2, 0) is 9.53 Å². The highest BCUT2D eigenvalue weighted by molar-refractivity contribution is 5.95. The van der Waals surface area contributed by atoms with Crippen molar-refractivity contribution in [1.82, 2.24) is 10.6 Å². The van der Waals surface area contributed by atoms with Gasteiger partial charge < -0.3 is 24.8 Å². The van der Waals surface area contributed by atoms with Crippen LogP contribution in [-0.4, -0.2) is 32.3 Å². The molecule has 2 rings (SSSR count). The van der Waals surface area contributed by atoms with Gasteiger partial charge in [0.1, 0.15) is 0 Å². The van der Waals surface area contributed by atoms with Gasteiger partial charge in [0.05, 0.1) is 31.9 Å². The largest absolute Gasteiger partial charge is 0.493 e. The maximum atomic E-state index is 12.6. The van der Waals surface area contributed by atoms with E-state index in [-0.39, 0.29) is 6.03 Å². The van der Waals surface area contributed by atoms with Gasteiger partial charge in [-0.15, -0.1) is 0 Å². The Labute approximate surface area is 153 Å². The highest BCUT2D eigenvalue weighted by Crippen LogP contribution is 2.34. The minimum Gasteiger partial charge on any atom is -0.493 e. The Bertz CT molecular complexity index is 699. The van der Waals surface area contributed by atoms with Crippen LogP contribution in [0.4, 0.5) is 4.79 Å². The van der Waals surface area contributed by atoms with Gasteiger partial charge in [-0.1, -0.05) is 19.4 Å². The van der Waals surface area contributed by atoms with Gasteiger partial charge in [0, 0.05) is 5.70 Å². The number of rotatable bonds is 8. The molecule has 0 saturated heterocycles. The number of urea groups is 1. The number of methoxy groups -OCH3 is 1. The number of benzene rings is 1. The molecule has 142 valence electrons. The van der Waals surface area contributed by atoms with Crippen LogP contribution in [0.3, 0.4) is 0 Å². The Morgan fingerprint density at radius 2 is 2.00 bits per heavy atom. The van der Waals surface area contributed by atoms with E-state index in [1.807, 2.05) is 13.8 Å². The first kappa shape index (κ1) is 19.6. The van der Waals surface area contributed by atoms with Crippen LogP contribution in [0.15, 0.2) is 29.5 Å². The molecule has 7 heteroatoms. The van der Waals surface area contributed by atoms with Gasteiger partial charge in [-0.3, -0.25) is 0 Å². The van der Waals surface area contributed by atoms with Gasteiger partial charge in [-0.25, -0.2) is 9.59 Å². The van der Waals surface area contributed by atoms with E-state index in [2.05, 4.69) is 10.6 Å². The van der Waals surface area contributed by atoms with E-state index in [4.69, 9.17) is 14.2 Å². The van der Waals surface area contributed by atoms with E-state index < -0.39 is 12.0 Å². The highest BCUT2D eigenvalue weighted by atomic mass is 16.5. The Morgan fingerprint density at radius 1 is 1.23 bits per heavy atom. The van der Waals surface area contributed by atoms with Crippen molar-refractivity contribution >= 4 is 12.0 Å². The third-order valence-corrected chi connectivity index (χ3v) is 4.04. The minimum absolute atomic E-state index is 0.347. The SMILES string of the molecule is CCCCOC(=O)C1=C(C)NC(=O)N[C@@H]1c1ccc(OCC)c(OC)c1. The molecule has 1 atom stereocenters. The fraction of sp³-hybridized carbons (Fsp3) is 0.474. The van der Waals surface area contributed by atoms with Gasteiger partial charge in [-0.05, 0) is 38.0 Å². The van der Waals surface area contributed by atoms with E-state index in [0.717, 1.165) is 12.8 Å². The Morgan fingerprint density at radius 3 is 2.65 bits per heavy atom. The molecule has 1 heterocycles. The van der Waals surface area contributed by atoms with Crippen molar-refractivity contribution in [3.8, 4) is 11.5 Å². The van der Waals surface area contributed by atoms with Crippen molar-refractivity contribution in [3.63, 3.8) is 0 Å². The molecule has 7 nitrogen and oxygen atoms in total. The number of carbonyl (C=O) groups excluding carboxylic acids is 2. The predicted octanol–water partition coefficient (Wildman–Crippen LogP) is 3.07. The summed E-state index contributed by atoms with van der Waals surface area (Å²) in [7, 11) is 1.55. The van der Waals surface area contributed by atoms with Crippen LogP contribution in [0.1, 0.15) is 45.2 Å². The van der Waals surface area contributed by atoms with Crippen molar-refractivity contribution in [3.05, 3.63) is 35.0 Å². The first-order valence-electron chi connectivity index (χ1n) is 8.77. The molecule has 2 N–H and O–H groups in total. The molecule has 1 aromatic rings. The fourth-order valence-electron chi connectivity index (χ4n) is 2.74. The molecule has 2 amide bonds. The molecule has 1 aliphatic rings. The van der Waals surface area contributed by atoms with Crippen LogP contribution < -0.4 is 20.1 Å². The van der Waals surface area contributed by atoms with Crippen molar-refractivity contribution in [2.75, 3.05) is 20.3 Å². The molecule has 0 spiro atoms. The number of ether oxygens (including phenoxy) is 3. The zero-order chi connectivity index (χ0) is 19.1. The summed E-state index contributed by atoms with van der Waals surface area (Å²) in [5.41, 5.74) is 1.57. The number of unbranched alkanes of at least 4 members (excludes halogenated alkanes) is 1. The third-order valence-electron chi connectivity index (χ3n) is 4.04. The summed E-state index contributed by atoms with van der Waals surface area (Å²) >= 11 is 0. The fourth-order valence-corrected chi connectivity index (χ4v) is 2.74.